The number of benzene rings is 1. The molecule has 2 heterocycles. The van der Waals surface area contributed by atoms with Crippen molar-refractivity contribution in [2.45, 2.75) is 20.5 Å². The molecule has 130 valence electrons. The van der Waals surface area contributed by atoms with Gasteiger partial charge >= 0.3 is 0 Å². The molecule has 0 aliphatic carbocycles. The molecule has 0 spiro atoms. The molecule has 2 aromatic rings. The number of amides is 1. The number of rotatable bonds is 6. The van der Waals surface area contributed by atoms with E-state index < -0.39 is 0 Å². The quantitative estimate of drug-likeness (QED) is 0.633. The van der Waals surface area contributed by atoms with Gasteiger partial charge in [-0.25, -0.2) is 0 Å². The number of ether oxygens (including phenoxy) is 1. The van der Waals surface area contributed by atoms with Crippen molar-refractivity contribution in [1.29, 1.82) is 0 Å². The van der Waals surface area contributed by atoms with Crippen LogP contribution in [0.2, 0.25) is 0 Å². The first-order valence-electron chi connectivity index (χ1n) is 8.14. The third-order valence-corrected chi connectivity index (χ3v) is 3.93. The lowest BCUT2D eigenvalue weighted by atomic mass is 10.2. The zero-order valence-electron chi connectivity index (χ0n) is 14.2. The maximum absolute atomic E-state index is 12.4. The molecule has 25 heavy (non-hydrogen) atoms. The van der Waals surface area contributed by atoms with Crippen LogP contribution in [0.4, 0.5) is 0 Å². The van der Waals surface area contributed by atoms with E-state index in [4.69, 9.17) is 21.4 Å². The molecule has 0 radical (unpaired) electrons. The fourth-order valence-electron chi connectivity index (χ4n) is 2.47. The average Bonchev–Trinajstić information content (AvgIpc) is 3.14. The van der Waals surface area contributed by atoms with Gasteiger partial charge in [-0.1, -0.05) is 32.0 Å². The van der Waals surface area contributed by atoms with Crippen LogP contribution in [-0.2, 0) is 11.4 Å². The normalized spacial score (nSPS) is 16.0. The molecule has 0 bridgehead atoms. The van der Waals surface area contributed by atoms with Gasteiger partial charge in [0.25, 0.3) is 5.91 Å². The number of thiocarbonyl (C=S) groups is 1. The van der Waals surface area contributed by atoms with Crippen LogP contribution >= 0.6 is 12.2 Å². The molecule has 0 atom stereocenters. The molecule has 1 fully saturated rings. The molecule has 1 saturated heterocycles. The van der Waals surface area contributed by atoms with Crippen LogP contribution in [0, 0.1) is 5.92 Å². The highest BCUT2D eigenvalue weighted by Gasteiger charge is 2.31. The summed E-state index contributed by atoms with van der Waals surface area (Å²) in [4.78, 5) is 14.0. The molecule has 6 heteroatoms. The van der Waals surface area contributed by atoms with Crippen molar-refractivity contribution >= 4 is 29.3 Å². The second kappa shape index (κ2) is 7.53. The van der Waals surface area contributed by atoms with E-state index in [1.165, 1.54) is 0 Å². The topological polar surface area (TPSA) is 54.7 Å². The fraction of sp³-hybridized carbons (Fsp3) is 0.263. The summed E-state index contributed by atoms with van der Waals surface area (Å²) in [5.74, 6) is 2.26. The van der Waals surface area contributed by atoms with Crippen LogP contribution in [0.1, 0.15) is 25.4 Å². The van der Waals surface area contributed by atoms with Gasteiger partial charge in [0, 0.05) is 12.6 Å². The highest BCUT2D eigenvalue weighted by atomic mass is 32.1. The number of nitrogens with one attached hydrogen (secondary N) is 1. The van der Waals surface area contributed by atoms with E-state index in [1.807, 2.05) is 50.2 Å². The van der Waals surface area contributed by atoms with Crippen LogP contribution in [0.5, 0.6) is 5.75 Å². The van der Waals surface area contributed by atoms with Gasteiger partial charge in [-0.3, -0.25) is 9.69 Å². The van der Waals surface area contributed by atoms with E-state index in [0.29, 0.717) is 41.4 Å². The van der Waals surface area contributed by atoms with Crippen LogP contribution in [0.25, 0.3) is 6.08 Å². The molecule has 1 aromatic carbocycles. The molecular weight excluding hydrogens is 336 g/mol. The molecule has 0 unspecified atom stereocenters. The summed E-state index contributed by atoms with van der Waals surface area (Å²) >= 11 is 5.23. The summed E-state index contributed by atoms with van der Waals surface area (Å²) < 4.78 is 11.4. The number of hydrogen-bond donors (Lipinski definition) is 1. The van der Waals surface area contributed by atoms with Gasteiger partial charge in [-0.15, -0.1) is 0 Å². The van der Waals surface area contributed by atoms with Crippen molar-refractivity contribution in [3.8, 4) is 5.75 Å². The highest BCUT2D eigenvalue weighted by Crippen LogP contribution is 2.18. The van der Waals surface area contributed by atoms with Crippen LogP contribution < -0.4 is 10.1 Å². The summed E-state index contributed by atoms with van der Waals surface area (Å²) in [6.45, 7) is 5.01. The Morgan fingerprint density at radius 3 is 2.72 bits per heavy atom. The molecule has 3 rings (SSSR count). The Hall–Kier alpha value is -2.60. The second-order valence-corrected chi connectivity index (χ2v) is 6.59. The summed E-state index contributed by atoms with van der Waals surface area (Å²) in [6, 6.07) is 13.2. The molecule has 1 N–H and O–H groups in total. The van der Waals surface area contributed by atoms with Gasteiger partial charge in [0.15, 0.2) is 5.11 Å². The summed E-state index contributed by atoms with van der Waals surface area (Å²) in [7, 11) is 0. The Kier molecular flexibility index (Phi) is 5.19. The summed E-state index contributed by atoms with van der Waals surface area (Å²) in [5, 5.41) is 3.39. The third kappa shape index (κ3) is 4.28. The number of carbonyl (C=O) groups excluding carboxylic acids is 1. The standard InChI is InChI=1S/C19H20N2O3S/c1-13(2)11-21-18(22)17(20-19(21)25)10-15-8-9-16(24-15)12-23-14-6-4-3-5-7-14/h3-10,13H,11-12H2,1-2H3,(H,20,25)/b17-10+. The first kappa shape index (κ1) is 17.2. The van der Waals surface area contributed by atoms with E-state index in [0.717, 1.165) is 5.75 Å². The maximum Gasteiger partial charge on any atom is 0.276 e. The molecule has 0 saturated carbocycles. The van der Waals surface area contributed by atoms with Crippen LogP contribution in [-0.4, -0.2) is 22.5 Å². The van der Waals surface area contributed by atoms with Crippen molar-refractivity contribution < 1.29 is 13.9 Å². The van der Waals surface area contributed by atoms with E-state index in [2.05, 4.69) is 5.32 Å². The number of carbonyl (C=O) groups is 1. The largest absolute Gasteiger partial charge is 0.486 e. The number of hydrogen-bond acceptors (Lipinski definition) is 4. The van der Waals surface area contributed by atoms with Gasteiger partial charge in [0.2, 0.25) is 0 Å². The lowest BCUT2D eigenvalue weighted by Crippen LogP contribution is -2.33. The lowest BCUT2D eigenvalue weighted by Gasteiger charge is -2.15. The average molecular weight is 356 g/mol. The Morgan fingerprint density at radius 2 is 2.00 bits per heavy atom. The van der Waals surface area contributed by atoms with Crippen molar-refractivity contribution in [2.24, 2.45) is 5.92 Å². The van der Waals surface area contributed by atoms with Gasteiger partial charge in [-0.2, -0.15) is 0 Å². The van der Waals surface area contributed by atoms with E-state index >= 15 is 0 Å². The SMILES string of the molecule is CC(C)CN1C(=O)/C(=C\c2ccc(COc3ccccc3)o2)NC1=S. The van der Waals surface area contributed by atoms with Crippen molar-refractivity contribution in [2.75, 3.05) is 6.54 Å². The third-order valence-electron chi connectivity index (χ3n) is 3.60. The van der Waals surface area contributed by atoms with E-state index in [9.17, 15) is 4.79 Å². The van der Waals surface area contributed by atoms with E-state index in [1.54, 1.807) is 17.0 Å². The lowest BCUT2D eigenvalue weighted by molar-refractivity contribution is -0.122. The monoisotopic (exact) mass is 356 g/mol. The Balaban J connectivity index is 1.65. The first-order valence-corrected chi connectivity index (χ1v) is 8.55. The molecule has 5 nitrogen and oxygen atoms in total. The minimum absolute atomic E-state index is 0.128. The minimum Gasteiger partial charge on any atom is -0.486 e. The van der Waals surface area contributed by atoms with Crippen molar-refractivity contribution in [3.05, 3.63) is 59.7 Å². The molecule has 1 aliphatic rings. The second-order valence-electron chi connectivity index (χ2n) is 6.20. The van der Waals surface area contributed by atoms with Gasteiger partial charge in [-0.05, 0) is 42.4 Å². The van der Waals surface area contributed by atoms with Crippen LogP contribution in [0.3, 0.4) is 0 Å². The Labute approximate surface area is 152 Å². The molecule has 1 aliphatic heterocycles. The molecule has 1 amide bonds. The number of para-hydroxylation sites is 1. The number of furan rings is 1. The van der Waals surface area contributed by atoms with Gasteiger partial charge in [0.05, 0.1) is 0 Å². The molecule has 1 aromatic heterocycles. The smallest absolute Gasteiger partial charge is 0.276 e. The van der Waals surface area contributed by atoms with Gasteiger partial charge in [0.1, 0.15) is 29.6 Å². The Morgan fingerprint density at radius 1 is 1.24 bits per heavy atom. The van der Waals surface area contributed by atoms with E-state index in [-0.39, 0.29) is 5.91 Å². The molecular formula is C19H20N2O3S. The fourth-order valence-corrected chi connectivity index (χ4v) is 2.73. The predicted molar refractivity (Wildman–Crippen MR) is 99.7 cm³/mol. The maximum atomic E-state index is 12.4. The van der Waals surface area contributed by atoms with Gasteiger partial charge < -0.3 is 14.5 Å². The summed E-state index contributed by atoms with van der Waals surface area (Å²) in [6.07, 6.45) is 1.67. The summed E-state index contributed by atoms with van der Waals surface area (Å²) in [5.41, 5.74) is 0.426. The first-order chi connectivity index (χ1) is 12.0. The van der Waals surface area contributed by atoms with Crippen LogP contribution in [0.15, 0.2) is 52.6 Å². The predicted octanol–water partition coefficient (Wildman–Crippen LogP) is 3.57. The highest BCUT2D eigenvalue weighted by molar-refractivity contribution is 7.80. The minimum atomic E-state index is -0.128. The van der Waals surface area contributed by atoms with Crippen molar-refractivity contribution in [1.82, 2.24) is 10.2 Å². The zero-order valence-corrected chi connectivity index (χ0v) is 15.0. The Bertz CT molecular complexity index is 796. The van der Waals surface area contributed by atoms with Crippen molar-refractivity contribution in [3.63, 3.8) is 0 Å². The zero-order chi connectivity index (χ0) is 17.8. The number of nitrogens with zero attached hydrogens (tertiary/aromatic N) is 1.